The monoisotopic (exact) mass is 563 g/mol. The maximum atomic E-state index is 15.8. The molecule has 0 spiro atoms. The third-order valence-corrected chi connectivity index (χ3v) is 6.87. The minimum absolute atomic E-state index is 0.00890. The summed E-state index contributed by atoms with van der Waals surface area (Å²) in [5.41, 5.74) is 5.78. The normalized spacial score (nSPS) is 15.4. The first kappa shape index (κ1) is 30.9. The molecule has 2 N–H and O–H groups in total. The molecule has 3 heterocycles. The van der Waals surface area contributed by atoms with Gasteiger partial charge in [-0.1, -0.05) is 39.7 Å². The van der Waals surface area contributed by atoms with Crippen LogP contribution >= 0.6 is 0 Å². The maximum absolute atomic E-state index is 15.8. The van der Waals surface area contributed by atoms with E-state index in [-0.39, 0.29) is 39.9 Å². The molecule has 0 unspecified atom stereocenters. The van der Waals surface area contributed by atoms with Crippen LogP contribution in [0.5, 0.6) is 0 Å². The molecule has 1 aliphatic rings. The number of piperazine rings is 1. The van der Waals surface area contributed by atoms with Crippen LogP contribution in [0.1, 0.15) is 33.4 Å². The van der Waals surface area contributed by atoms with Gasteiger partial charge in [0.15, 0.2) is 11.5 Å². The van der Waals surface area contributed by atoms with Gasteiger partial charge >= 0.3 is 5.69 Å². The van der Waals surface area contributed by atoms with E-state index >= 15 is 4.39 Å². The topological polar surface area (TPSA) is 110 Å². The van der Waals surface area contributed by atoms with Crippen molar-refractivity contribution in [3.05, 3.63) is 88.8 Å². The van der Waals surface area contributed by atoms with Crippen LogP contribution in [0, 0.1) is 11.7 Å². The third kappa shape index (κ3) is 5.93. The Hall–Kier alpha value is -4.67. The van der Waals surface area contributed by atoms with Crippen LogP contribution in [0.15, 0.2) is 76.6 Å². The Morgan fingerprint density at radius 3 is 2.29 bits per heavy atom. The Kier molecular flexibility index (Phi) is 9.54. The van der Waals surface area contributed by atoms with Gasteiger partial charge < -0.3 is 15.5 Å². The van der Waals surface area contributed by atoms with Crippen LogP contribution in [0.25, 0.3) is 22.3 Å². The fourth-order valence-corrected chi connectivity index (χ4v) is 4.68. The molecule has 1 aliphatic heterocycles. The maximum Gasteiger partial charge on any atom is 0.355 e. The highest BCUT2D eigenvalue weighted by atomic mass is 19.1. The molecule has 0 atom stereocenters. The standard InChI is InChI=1S/C30H35F2N7O2/c1-9-18(6)27(25(34-8)17(4)5)39-29-20(16-21(32)26(35-29)24(19(7)31)22(33)10-2)28(36-30(39)41)38-14-12-37(13-15-38)23(40)11-3/h9-11,16-17H,2-3,7-8,12-15,33H2,1,4-6H3/b18-9-,24-22-,27-25+. The summed E-state index contributed by atoms with van der Waals surface area (Å²) < 4.78 is 31.6. The fourth-order valence-electron chi connectivity index (χ4n) is 4.68. The second-order valence-corrected chi connectivity index (χ2v) is 9.72. The Bertz CT molecular complexity index is 1590. The van der Waals surface area contributed by atoms with Gasteiger partial charge in [0.25, 0.3) is 0 Å². The molecule has 2 aromatic rings. The molecular weight excluding hydrogens is 528 g/mol. The number of amides is 1. The fraction of sp³-hybridized carbons (Fsp3) is 0.300. The average Bonchev–Trinajstić information content (AvgIpc) is 2.95. The van der Waals surface area contributed by atoms with E-state index in [2.05, 4.69) is 41.4 Å². The predicted octanol–water partition coefficient (Wildman–Crippen LogP) is 4.60. The van der Waals surface area contributed by atoms with Crippen LogP contribution in [0.3, 0.4) is 0 Å². The Balaban J connectivity index is 2.50. The number of allylic oxidation sites excluding steroid dienone is 7. The number of anilines is 1. The van der Waals surface area contributed by atoms with E-state index in [1.165, 1.54) is 10.6 Å². The number of aliphatic imine (C=N–C) groups is 1. The van der Waals surface area contributed by atoms with Gasteiger partial charge in [0.05, 0.1) is 22.4 Å². The van der Waals surface area contributed by atoms with E-state index < -0.39 is 23.0 Å². The van der Waals surface area contributed by atoms with Crippen molar-refractivity contribution in [3.63, 3.8) is 0 Å². The van der Waals surface area contributed by atoms with Gasteiger partial charge in [-0.2, -0.15) is 4.98 Å². The molecule has 0 aromatic carbocycles. The number of halogens is 2. The summed E-state index contributed by atoms with van der Waals surface area (Å²) in [6, 6.07) is 1.15. The zero-order chi connectivity index (χ0) is 30.6. The van der Waals surface area contributed by atoms with Crippen LogP contribution in [0.4, 0.5) is 14.6 Å². The molecule has 9 nitrogen and oxygen atoms in total. The molecule has 11 heteroatoms. The van der Waals surface area contributed by atoms with E-state index in [1.54, 1.807) is 29.7 Å². The van der Waals surface area contributed by atoms with Gasteiger partial charge in [0.1, 0.15) is 17.3 Å². The first-order valence-electron chi connectivity index (χ1n) is 13.0. The molecule has 0 bridgehead atoms. The zero-order valence-electron chi connectivity index (χ0n) is 23.9. The van der Waals surface area contributed by atoms with E-state index in [0.29, 0.717) is 43.1 Å². The molecule has 3 rings (SSSR count). The van der Waals surface area contributed by atoms with E-state index in [0.717, 1.165) is 12.1 Å². The Morgan fingerprint density at radius 2 is 1.80 bits per heavy atom. The van der Waals surface area contributed by atoms with Gasteiger partial charge in [-0.25, -0.2) is 23.1 Å². The number of aromatic nitrogens is 3. The highest BCUT2D eigenvalue weighted by molar-refractivity contribution is 5.93. The summed E-state index contributed by atoms with van der Waals surface area (Å²) in [4.78, 5) is 42.4. The predicted molar refractivity (Wildman–Crippen MR) is 161 cm³/mol. The molecule has 216 valence electrons. The van der Waals surface area contributed by atoms with E-state index in [1.807, 2.05) is 13.8 Å². The highest BCUT2D eigenvalue weighted by Gasteiger charge is 2.28. The number of pyridine rings is 1. The summed E-state index contributed by atoms with van der Waals surface area (Å²) in [6.45, 7) is 22.8. The van der Waals surface area contributed by atoms with Crippen LogP contribution in [-0.4, -0.2) is 58.2 Å². The third-order valence-electron chi connectivity index (χ3n) is 6.87. The average molecular weight is 564 g/mol. The summed E-state index contributed by atoms with van der Waals surface area (Å²) in [5, 5.41) is 0.198. The highest BCUT2D eigenvalue weighted by Crippen LogP contribution is 2.34. The van der Waals surface area contributed by atoms with Gasteiger partial charge in [-0.3, -0.25) is 9.79 Å². The second-order valence-electron chi connectivity index (χ2n) is 9.72. The van der Waals surface area contributed by atoms with Gasteiger partial charge in [0.2, 0.25) is 5.91 Å². The summed E-state index contributed by atoms with van der Waals surface area (Å²) in [6.07, 6.45) is 4.19. The van der Waals surface area contributed by atoms with Crippen molar-refractivity contribution >= 4 is 40.7 Å². The van der Waals surface area contributed by atoms with Crippen LogP contribution < -0.4 is 16.3 Å². The quantitative estimate of drug-likeness (QED) is 0.271. The number of rotatable bonds is 9. The SMILES string of the molecule is C=CC(=O)N1CCN(c2nc(=O)n(C(/C(C)=C\C)=C(/N=C)C(C)C)c3nc(/C(C(=C)F)=C(\N)C=C)c(F)cc23)CC1. The molecule has 0 saturated carbocycles. The van der Waals surface area contributed by atoms with E-state index in [4.69, 9.17) is 5.73 Å². The summed E-state index contributed by atoms with van der Waals surface area (Å²) in [7, 11) is 0. The summed E-state index contributed by atoms with van der Waals surface area (Å²) in [5.74, 6) is -2.11. The first-order valence-corrected chi connectivity index (χ1v) is 13.0. The molecule has 41 heavy (non-hydrogen) atoms. The van der Waals surface area contributed by atoms with Crippen molar-refractivity contribution in [2.45, 2.75) is 27.7 Å². The lowest BCUT2D eigenvalue weighted by Crippen LogP contribution is -2.49. The molecule has 1 saturated heterocycles. The van der Waals surface area contributed by atoms with Crippen molar-refractivity contribution in [2.75, 3.05) is 31.1 Å². The number of nitrogens with two attached hydrogens (primary N) is 1. The number of fused-ring (bicyclic) bond motifs is 1. The Labute approximate surface area is 238 Å². The Morgan fingerprint density at radius 1 is 1.17 bits per heavy atom. The zero-order valence-corrected chi connectivity index (χ0v) is 23.9. The molecule has 1 fully saturated rings. The molecule has 1 amide bonds. The van der Waals surface area contributed by atoms with Crippen molar-refractivity contribution in [3.8, 4) is 0 Å². The largest absolute Gasteiger partial charge is 0.398 e. The van der Waals surface area contributed by atoms with E-state index in [9.17, 15) is 14.0 Å². The molecule has 0 radical (unpaired) electrons. The lowest BCUT2D eigenvalue weighted by atomic mass is 10.0. The van der Waals surface area contributed by atoms with Crippen molar-refractivity contribution in [1.82, 2.24) is 19.4 Å². The van der Waals surface area contributed by atoms with Gasteiger partial charge in [0, 0.05) is 31.9 Å². The van der Waals surface area contributed by atoms with Crippen molar-refractivity contribution < 1.29 is 13.6 Å². The van der Waals surface area contributed by atoms with Gasteiger partial charge in [-0.15, -0.1) is 0 Å². The lowest BCUT2D eigenvalue weighted by molar-refractivity contribution is -0.126. The van der Waals surface area contributed by atoms with Gasteiger partial charge in [-0.05, 0) is 50.3 Å². The minimum Gasteiger partial charge on any atom is -0.398 e. The smallest absolute Gasteiger partial charge is 0.355 e. The number of nitrogens with zero attached hydrogens (tertiary/aromatic N) is 6. The summed E-state index contributed by atoms with van der Waals surface area (Å²) >= 11 is 0. The number of hydrogen-bond donors (Lipinski definition) is 1. The lowest BCUT2D eigenvalue weighted by Gasteiger charge is -2.35. The number of carbonyl (C=O) groups is 1. The number of hydrogen-bond acceptors (Lipinski definition) is 7. The molecular formula is C30H35F2N7O2. The van der Waals surface area contributed by atoms with Crippen molar-refractivity contribution in [2.24, 2.45) is 16.6 Å². The minimum atomic E-state index is -1.02. The van der Waals surface area contributed by atoms with Crippen LogP contribution in [0.2, 0.25) is 0 Å². The second kappa shape index (κ2) is 12.7. The number of carbonyl (C=O) groups excluding carboxylic acids is 1. The first-order chi connectivity index (χ1) is 19.4. The van der Waals surface area contributed by atoms with Crippen molar-refractivity contribution in [1.29, 1.82) is 0 Å². The van der Waals surface area contributed by atoms with Crippen LogP contribution in [-0.2, 0) is 4.79 Å². The molecule has 2 aromatic heterocycles. The molecule has 0 aliphatic carbocycles.